The van der Waals surface area contributed by atoms with Gasteiger partial charge < -0.3 is 5.11 Å². The molecule has 0 saturated carbocycles. The second-order valence-electron chi connectivity index (χ2n) is 2.89. The molecule has 0 aliphatic heterocycles. The molecular formula is C9H8N2O2S. The van der Waals surface area contributed by atoms with E-state index < -0.39 is 5.97 Å². The number of aromatic carboxylic acids is 1. The first-order chi connectivity index (χ1) is 6.70. The average Bonchev–Trinajstić information content (AvgIpc) is 2.71. The average molecular weight is 208 g/mol. The standard InChI is InChI=1S/C9H8N2O2S/c1-5-7(6-2-3-14-4-6)10-11-8(5)9(12)13/h2-4H,1H3,(H,10,11)(H,12,13). The van der Waals surface area contributed by atoms with Crippen LogP contribution in [0.3, 0.4) is 0 Å². The highest BCUT2D eigenvalue weighted by Gasteiger charge is 2.15. The van der Waals surface area contributed by atoms with Crippen molar-refractivity contribution >= 4 is 17.3 Å². The Hall–Kier alpha value is -1.62. The van der Waals surface area contributed by atoms with Crippen LogP contribution in [0.2, 0.25) is 0 Å². The molecule has 0 bridgehead atoms. The van der Waals surface area contributed by atoms with E-state index in [0.717, 1.165) is 5.56 Å². The zero-order valence-corrected chi connectivity index (χ0v) is 8.26. The largest absolute Gasteiger partial charge is 0.477 e. The lowest BCUT2D eigenvalue weighted by atomic mass is 10.1. The number of rotatable bonds is 2. The summed E-state index contributed by atoms with van der Waals surface area (Å²) in [6.07, 6.45) is 0. The molecule has 4 nitrogen and oxygen atoms in total. The molecule has 0 aliphatic rings. The van der Waals surface area contributed by atoms with E-state index >= 15 is 0 Å². The molecule has 2 aromatic rings. The summed E-state index contributed by atoms with van der Waals surface area (Å²) in [5, 5.41) is 19.2. The van der Waals surface area contributed by atoms with Crippen LogP contribution in [0, 0.1) is 6.92 Å². The number of nitrogens with one attached hydrogen (secondary N) is 1. The first kappa shape index (κ1) is 8.96. The van der Waals surface area contributed by atoms with Gasteiger partial charge in [0.05, 0.1) is 5.69 Å². The summed E-state index contributed by atoms with van der Waals surface area (Å²) in [6.45, 7) is 1.75. The van der Waals surface area contributed by atoms with Crippen LogP contribution in [0.4, 0.5) is 0 Å². The highest BCUT2D eigenvalue weighted by atomic mass is 32.1. The monoisotopic (exact) mass is 208 g/mol. The van der Waals surface area contributed by atoms with Gasteiger partial charge in [0, 0.05) is 16.5 Å². The number of carboxylic acids is 1. The Balaban J connectivity index is 2.52. The van der Waals surface area contributed by atoms with Gasteiger partial charge in [-0.05, 0) is 18.4 Å². The molecule has 2 N–H and O–H groups in total. The molecule has 0 aliphatic carbocycles. The molecule has 0 saturated heterocycles. The normalized spacial score (nSPS) is 10.4. The van der Waals surface area contributed by atoms with Gasteiger partial charge in [-0.15, -0.1) is 0 Å². The minimum atomic E-state index is -0.975. The molecule has 2 heterocycles. The minimum absolute atomic E-state index is 0.159. The molecule has 0 radical (unpaired) electrons. The zero-order valence-electron chi connectivity index (χ0n) is 7.44. The fourth-order valence-corrected chi connectivity index (χ4v) is 1.93. The van der Waals surface area contributed by atoms with Crippen LogP contribution < -0.4 is 0 Å². The second-order valence-corrected chi connectivity index (χ2v) is 3.67. The lowest BCUT2D eigenvalue weighted by Crippen LogP contribution is -1.98. The van der Waals surface area contributed by atoms with Gasteiger partial charge in [0.1, 0.15) is 5.69 Å². The molecular weight excluding hydrogens is 200 g/mol. The van der Waals surface area contributed by atoms with Gasteiger partial charge in [0.15, 0.2) is 0 Å². The maximum Gasteiger partial charge on any atom is 0.354 e. The fourth-order valence-electron chi connectivity index (χ4n) is 1.29. The van der Waals surface area contributed by atoms with Crippen LogP contribution in [0.15, 0.2) is 16.8 Å². The van der Waals surface area contributed by atoms with E-state index in [0.29, 0.717) is 11.3 Å². The Kier molecular flexibility index (Phi) is 2.09. The maximum absolute atomic E-state index is 10.7. The van der Waals surface area contributed by atoms with E-state index in [1.807, 2.05) is 16.8 Å². The lowest BCUT2D eigenvalue weighted by molar-refractivity contribution is 0.0689. The van der Waals surface area contributed by atoms with Crippen LogP contribution in [-0.2, 0) is 0 Å². The number of aromatic amines is 1. The van der Waals surface area contributed by atoms with Crippen LogP contribution in [0.5, 0.6) is 0 Å². The quantitative estimate of drug-likeness (QED) is 0.794. The van der Waals surface area contributed by atoms with E-state index in [-0.39, 0.29) is 5.69 Å². The van der Waals surface area contributed by atoms with Crippen molar-refractivity contribution in [1.82, 2.24) is 10.2 Å². The lowest BCUT2D eigenvalue weighted by Gasteiger charge is -1.93. The van der Waals surface area contributed by atoms with E-state index in [1.165, 1.54) is 0 Å². The summed E-state index contributed by atoms with van der Waals surface area (Å²) in [5.74, 6) is -0.975. The van der Waals surface area contributed by atoms with Crippen molar-refractivity contribution in [3.63, 3.8) is 0 Å². The minimum Gasteiger partial charge on any atom is -0.477 e. The van der Waals surface area contributed by atoms with Crippen LogP contribution in [0.25, 0.3) is 11.3 Å². The Morgan fingerprint density at radius 2 is 2.43 bits per heavy atom. The fraction of sp³-hybridized carbons (Fsp3) is 0.111. The number of H-pyrrole nitrogens is 1. The van der Waals surface area contributed by atoms with Crippen molar-refractivity contribution in [3.8, 4) is 11.3 Å². The Morgan fingerprint density at radius 3 is 2.93 bits per heavy atom. The number of carboxylic acid groups (broad SMARTS) is 1. The van der Waals surface area contributed by atoms with Gasteiger partial charge in [0.2, 0.25) is 0 Å². The molecule has 0 atom stereocenters. The van der Waals surface area contributed by atoms with Gasteiger partial charge in [-0.3, -0.25) is 5.10 Å². The Labute approximate surface area is 84.2 Å². The summed E-state index contributed by atoms with van der Waals surface area (Å²) in [7, 11) is 0. The number of thiophene rings is 1. The van der Waals surface area contributed by atoms with E-state index in [4.69, 9.17) is 5.11 Å². The van der Waals surface area contributed by atoms with Crippen molar-refractivity contribution in [2.45, 2.75) is 6.92 Å². The van der Waals surface area contributed by atoms with Gasteiger partial charge in [0.25, 0.3) is 0 Å². The van der Waals surface area contributed by atoms with Crippen LogP contribution in [0.1, 0.15) is 16.1 Å². The second kappa shape index (κ2) is 3.26. The van der Waals surface area contributed by atoms with Gasteiger partial charge in [-0.1, -0.05) is 0 Å². The number of hydrogen-bond donors (Lipinski definition) is 2. The van der Waals surface area contributed by atoms with Crippen molar-refractivity contribution in [1.29, 1.82) is 0 Å². The number of aromatic nitrogens is 2. The Morgan fingerprint density at radius 1 is 1.64 bits per heavy atom. The number of nitrogens with zero attached hydrogens (tertiary/aromatic N) is 1. The Bertz CT molecular complexity index is 459. The van der Waals surface area contributed by atoms with Crippen molar-refractivity contribution in [2.24, 2.45) is 0 Å². The van der Waals surface area contributed by atoms with Crippen LogP contribution >= 0.6 is 11.3 Å². The van der Waals surface area contributed by atoms with E-state index in [9.17, 15) is 4.79 Å². The third kappa shape index (κ3) is 1.31. The summed E-state index contributed by atoms with van der Waals surface area (Å²) in [5.41, 5.74) is 2.50. The van der Waals surface area contributed by atoms with Crippen molar-refractivity contribution in [2.75, 3.05) is 0 Å². The SMILES string of the molecule is Cc1c(-c2ccsc2)n[nH]c1C(=O)O. The highest BCUT2D eigenvalue weighted by Crippen LogP contribution is 2.24. The van der Waals surface area contributed by atoms with Crippen LogP contribution in [-0.4, -0.2) is 21.3 Å². The molecule has 2 rings (SSSR count). The molecule has 2 aromatic heterocycles. The maximum atomic E-state index is 10.7. The zero-order chi connectivity index (χ0) is 10.1. The summed E-state index contributed by atoms with van der Waals surface area (Å²) in [4.78, 5) is 10.7. The number of hydrogen-bond acceptors (Lipinski definition) is 3. The summed E-state index contributed by atoms with van der Waals surface area (Å²) < 4.78 is 0. The third-order valence-electron chi connectivity index (χ3n) is 2.02. The molecule has 72 valence electrons. The van der Waals surface area contributed by atoms with Gasteiger partial charge in [-0.25, -0.2) is 4.79 Å². The molecule has 0 spiro atoms. The molecule has 0 fully saturated rings. The van der Waals surface area contributed by atoms with Gasteiger partial charge in [-0.2, -0.15) is 16.4 Å². The summed E-state index contributed by atoms with van der Waals surface area (Å²) in [6, 6.07) is 1.92. The molecule has 14 heavy (non-hydrogen) atoms. The van der Waals surface area contributed by atoms with E-state index in [1.54, 1.807) is 18.3 Å². The topological polar surface area (TPSA) is 66.0 Å². The van der Waals surface area contributed by atoms with Crippen molar-refractivity contribution in [3.05, 3.63) is 28.1 Å². The third-order valence-corrected chi connectivity index (χ3v) is 2.70. The predicted molar refractivity (Wildman–Crippen MR) is 53.6 cm³/mol. The first-order valence-electron chi connectivity index (χ1n) is 4.01. The molecule has 0 amide bonds. The molecule has 0 unspecified atom stereocenters. The highest BCUT2D eigenvalue weighted by molar-refractivity contribution is 7.08. The molecule has 5 heteroatoms. The van der Waals surface area contributed by atoms with E-state index in [2.05, 4.69) is 10.2 Å². The first-order valence-corrected chi connectivity index (χ1v) is 4.95. The molecule has 0 aromatic carbocycles. The van der Waals surface area contributed by atoms with Crippen molar-refractivity contribution < 1.29 is 9.90 Å². The predicted octanol–water partition coefficient (Wildman–Crippen LogP) is 2.14. The smallest absolute Gasteiger partial charge is 0.354 e. The van der Waals surface area contributed by atoms with Gasteiger partial charge >= 0.3 is 5.97 Å². The number of carbonyl (C=O) groups is 1. The summed E-state index contributed by atoms with van der Waals surface area (Å²) >= 11 is 1.56.